The quantitative estimate of drug-likeness (QED) is 0.0631. The third-order valence-electron chi connectivity index (χ3n) is 7.93. The molecule has 4 nitrogen and oxygen atoms in total. The maximum absolute atomic E-state index is 10.8. The molecule has 0 spiro atoms. The van der Waals surface area contributed by atoms with Crippen molar-refractivity contribution in [1.82, 2.24) is 0 Å². The highest BCUT2D eigenvalue weighted by Crippen LogP contribution is 2.20. The molecule has 0 aliphatic heterocycles. The van der Waals surface area contributed by atoms with Crippen LogP contribution in [0.4, 0.5) is 0 Å². The zero-order valence-corrected chi connectivity index (χ0v) is 26.4. The number of carboxylic acid groups (broad SMARTS) is 2. The van der Waals surface area contributed by atoms with Crippen molar-refractivity contribution in [2.75, 3.05) is 0 Å². The van der Waals surface area contributed by atoms with Crippen molar-refractivity contribution in [2.45, 2.75) is 193 Å². The number of hydrogen-bond donors (Lipinski definition) is 2. The van der Waals surface area contributed by atoms with Crippen molar-refractivity contribution in [1.29, 1.82) is 0 Å². The van der Waals surface area contributed by atoms with Gasteiger partial charge in [0.2, 0.25) is 0 Å². The van der Waals surface area contributed by atoms with E-state index in [1.165, 1.54) is 128 Å². The van der Waals surface area contributed by atoms with Crippen LogP contribution in [-0.4, -0.2) is 22.2 Å². The topological polar surface area (TPSA) is 74.6 Å². The molecule has 0 aliphatic rings. The van der Waals surface area contributed by atoms with E-state index in [0.29, 0.717) is 12.8 Å². The molecule has 0 aromatic carbocycles. The summed E-state index contributed by atoms with van der Waals surface area (Å²) in [6, 6.07) is 0. The number of unbranched alkanes of at least 4 members (excludes halogenated alkanes) is 21. The molecule has 0 heterocycles. The maximum Gasteiger partial charge on any atom is 0.303 e. The van der Waals surface area contributed by atoms with Gasteiger partial charge in [0.15, 0.2) is 0 Å². The van der Waals surface area contributed by atoms with Crippen LogP contribution in [0, 0.1) is 0 Å². The lowest BCUT2D eigenvalue weighted by molar-refractivity contribution is -0.138. The molecule has 0 bridgehead atoms. The van der Waals surface area contributed by atoms with Crippen LogP contribution in [0.15, 0.2) is 23.8 Å². The largest absolute Gasteiger partial charge is 0.481 e. The molecule has 0 aromatic heterocycles. The van der Waals surface area contributed by atoms with Gasteiger partial charge in [-0.15, -0.1) is 0 Å². The summed E-state index contributed by atoms with van der Waals surface area (Å²) in [4.78, 5) is 21.2. The number of hydrogen-bond acceptors (Lipinski definition) is 2. The molecule has 0 unspecified atom stereocenters. The fraction of sp³-hybridized carbons (Fsp3) is 0.833. The normalized spacial score (nSPS) is 12.0. The molecule has 0 saturated carbocycles. The van der Waals surface area contributed by atoms with Gasteiger partial charge in [0.1, 0.15) is 0 Å². The van der Waals surface area contributed by atoms with Crippen LogP contribution in [0.3, 0.4) is 0 Å². The summed E-state index contributed by atoms with van der Waals surface area (Å²) in [6.45, 7) is 2.28. The Morgan fingerprint density at radius 1 is 0.425 bits per heavy atom. The lowest BCUT2D eigenvalue weighted by Gasteiger charge is -2.09. The minimum atomic E-state index is -0.687. The van der Waals surface area contributed by atoms with E-state index in [1.807, 2.05) is 0 Å². The molecule has 0 fully saturated rings. The van der Waals surface area contributed by atoms with Gasteiger partial charge in [0.25, 0.3) is 0 Å². The van der Waals surface area contributed by atoms with Gasteiger partial charge in [-0.05, 0) is 77.0 Å². The molecule has 0 radical (unpaired) electrons. The van der Waals surface area contributed by atoms with Gasteiger partial charge in [0, 0.05) is 12.8 Å². The smallest absolute Gasteiger partial charge is 0.303 e. The molecule has 234 valence electrons. The first-order chi connectivity index (χ1) is 19.6. The molecular weight excluding hydrogens is 496 g/mol. The molecule has 0 saturated heterocycles. The van der Waals surface area contributed by atoms with Gasteiger partial charge in [0.05, 0.1) is 0 Å². The lowest BCUT2D eigenvalue weighted by Crippen LogP contribution is -1.93. The SMILES string of the molecule is CCCCCCCCCCCC(=CCCCCC(=O)O)CCCCCCCCCCCC=CCCCCC(=O)O. The molecule has 40 heavy (non-hydrogen) atoms. The summed E-state index contributed by atoms with van der Waals surface area (Å²) in [6.07, 6.45) is 41.2. The Balaban J connectivity index is 3.81. The zero-order valence-electron chi connectivity index (χ0n) is 26.4. The number of carboxylic acids is 2. The Bertz CT molecular complexity index is 622. The summed E-state index contributed by atoms with van der Waals surface area (Å²) < 4.78 is 0. The Morgan fingerprint density at radius 3 is 1.18 bits per heavy atom. The Labute approximate surface area is 248 Å². The predicted octanol–water partition coefficient (Wildman–Crippen LogP) is 12.0. The van der Waals surface area contributed by atoms with E-state index in [9.17, 15) is 9.59 Å². The first-order valence-electron chi connectivity index (χ1n) is 17.3. The minimum absolute atomic E-state index is 0.295. The molecular formula is C36H66O4. The van der Waals surface area contributed by atoms with E-state index in [4.69, 9.17) is 10.2 Å². The monoisotopic (exact) mass is 562 g/mol. The van der Waals surface area contributed by atoms with Crippen LogP contribution in [0.25, 0.3) is 0 Å². The summed E-state index contributed by atoms with van der Waals surface area (Å²) in [7, 11) is 0. The molecule has 0 rings (SSSR count). The first kappa shape index (κ1) is 38.4. The number of carbonyl (C=O) groups is 2. The fourth-order valence-corrected chi connectivity index (χ4v) is 5.34. The van der Waals surface area contributed by atoms with Crippen molar-refractivity contribution in [3.8, 4) is 0 Å². The van der Waals surface area contributed by atoms with E-state index in [2.05, 4.69) is 25.2 Å². The molecule has 0 aromatic rings. The lowest BCUT2D eigenvalue weighted by atomic mass is 9.97. The van der Waals surface area contributed by atoms with E-state index in [0.717, 1.165) is 44.9 Å². The van der Waals surface area contributed by atoms with E-state index >= 15 is 0 Å². The molecule has 0 amide bonds. The van der Waals surface area contributed by atoms with E-state index in [1.54, 1.807) is 5.57 Å². The molecule has 2 N–H and O–H groups in total. The predicted molar refractivity (Wildman–Crippen MR) is 172 cm³/mol. The Hall–Kier alpha value is -1.58. The Kier molecular flexibility index (Phi) is 30.7. The molecule has 4 heteroatoms. The summed E-state index contributed by atoms with van der Waals surface area (Å²) in [5, 5.41) is 17.5. The average molecular weight is 563 g/mol. The van der Waals surface area contributed by atoms with Crippen molar-refractivity contribution in [3.63, 3.8) is 0 Å². The number of allylic oxidation sites excluding steroid dienone is 4. The Morgan fingerprint density at radius 2 is 0.750 bits per heavy atom. The van der Waals surface area contributed by atoms with Crippen LogP contribution in [0.5, 0.6) is 0 Å². The maximum atomic E-state index is 10.8. The molecule has 0 atom stereocenters. The van der Waals surface area contributed by atoms with Gasteiger partial charge in [-0.1, -0.05) is 127 Å². The van der Waals surface area contributed by atoms with Gasteiger partial charge < -0.3 is 10.2 Å². The average Bonchev–Trinajstić information content (AvgIpc) is 2.92. The van der Waals surface area contributed by atoms with Crippen LogP contribution in [0.2, 0.25) is 0 Å². The third-order valence-corrected chi connectivity index (χ3v) is 7.93. The third kappa shape index (κ3) is 32.6. The van der Waals surface area contributed by atoms with Crippen molar-refractivity contribution in [2.24, 2.45) is 0 Å². The van der Waals surface area contributed by atoms with Gasteiger partial charge in [-0.2, -0.15) is 0 Å². The highest BCUT2D eigenvalue weighted by molar-refractivity contribution is 5.66. The van der Waals surface area contributed by atoms with E-state index in [-0.39, 0.29) is 0 Å². The van der Waals surface area contributed by atoms with Crippen LogP contribution < -0.4 is 0 Å². The summed E-state index contributed by atoms with van der Waals surface area (Å²) in [5.41, 5.74) is 1.63. The standard InChI is InChI=1S/C36H66O4/c1-2-3-4-5-6-14-17-20-24-29-34(31-26-23-28-33-36(39)40)30-25-21-18-15-12-10-8-7-9-11-13-16-19-22-27-32-35(37)38/h13,16,31H,2-12,14-15,17-30,32-33H2,1H3,(H,37,38)(H,39,40). The van der Waals surface area contributed by atoms with Crippen molar-refractivity contribution >= 4 is 11.9 Å². The first-order valence-corrected chi connectivity index (χ1v) is 17.3. The van der Waals surface area contributed by atoms with Gasteiger partial charge >= 0.3 is 11.9 Å². The van der Waals surface area contributed by atoms with Crippen LogP contribution >= 0.6 is 0 Å². The second-order valence-corrected chi connectivity index (χ2v) is 11.9. The summed E-state index contributed by atoms with van der Waals surface area (Å²) in [5.74, 6) is -1.36. The van der Waals surface area contributed by atoms with E-state index < -0.39 is 11.9 Å². The van der Waals surface area contributed by atoms with Gasteiger partial charge in [-0.25, -0.2) is 0 Å². The fourth-order valence-electron chi connectivity index (χ4n) is 5.34. The van der Waals surface area contributed by atoms with Gasteiger partial charge in [-0.3, -0.25) is 9.59 Å². The second kappa shape index (κ2) is 31.9. The zero-order chi connectivity index (χ0) is 29.4. The number of aliphatic carboxylic acids is 2. The van der Waals surface area contributed by atoms with Crippen LogP contribution in [-0.2, 0) is 9.59 Å². The molecule has 0 aliphatic carbocycles. The highest BCUT2D eigenvalue weighted by atomic mass is 16.4. The number of rotatable bonds is 32. The minimum Gasteiger partial charge on any atom is -0.481 e. The highest BCUT2D eigenvalue weighted by Gasteiger charge is 2.02. The second-order valence-electron chi connectivity index (χ2n) is 11.9. The summed E-state index contributed by atoms with van der Waals surface area (Å²) >= 11 is 0. The van der Waals surface area contributed by atoms with Crippen molar-refractivity contribution in [3.05, 3.63) is 23.8 Å². The van der Waals surface area contributed by atoms with Crippen LogP contribution in [0.1, 0.15) is 193 Å². The van der Waals surface area contributed by atoms with Crippen molar-refractivity contribution < 1.29 is 19.8 Å².